The number of rotatable bonds is 8. The Bertz CT molecular complexity index is 2110. The molecule has 0 N–H and O–H groups in total. The number of benzene rings is 6. The number of hydrogen-bond acceptors (Lipinski definition) is 0. The maximum absolute atomic E-state index is 2.46. The Hall–Kier alpha value is -5.20. The largest absolute Gasteiger partial charge is 0.0842 e. The molecule has 1 unspecified atom stereocenters. The molecule has 0 heteroatoms. The first-order chi connectivity index (χ1) is 22.7. The molecule has 46 heavy (non-hydrogen) atoms. The molecule has 0 saturated heterocycles. The van der Waals surface area contributed by atoms with Crippen LogP contribution in [0.15, 0.2) is 164 Å². The third kappa shape index (κ3) is 6.17. The summed E-state index contributed by atoms with van der Waals surface area (Å²) in [4.78, 5) is 0. The molecule has 1 aliphatic carbocycles. The van der Waals surface area contributed by atoms with E-state index in [4.69, 9.17) is 0 Å². The lowest BCUT2D eigenvalue weighted by atomic mass is 9.83. The van der Waals surface area contributed by atoms with Crippen LogP contribution < -0.4 is 0 Å². The Balaban J connectivity index is 1.41. The van der Waals surface area contributed by atoms with Gasteiger partial charge in [-0.05, 0) is 110 Å². The summed E-state index contributed by atoms with van der Waals surface area (Å²) in [6, 6.07) is 46.9. The molecule has 0 aromatic heterocycles. The topological polar surface area (TPSA) is 0 Å². The monoisotopic (exact) mass is 592 g/mol. The van der Waals surface area contributed by atoms with Crippen molar-refractivity contribution in [2.75, 3.05) is 0 Å². The minimum absolute atomic E-state index is 0.276. The first-order valence-corrected chi connectivity index (χ1v) is 16.5. The van der Waals surface area contributed by atoms with Gasteiger partial charge in [0.2, 0.25) is 0 Å². The smallest absolute Gasteiger partial charge is 0.000709 e. The molecule has 1 atom stereocenters. The zero-order valence-corrected chi connectivity index (χ0v) is 26.8. The highest BCUT2D eigenvalue weighted by Gasteiger charge is 2.18. The van der Waals surface area contributed by atoms with E-state index in [1.165, 1.54) is 71.6 Å². The van der Waals surface area contributed by atoms with Gasteiger partial charge >= 0.3 is 0 Å². The predicted molar refractivity (Wildman–Crippen MR) is 200 cm³/mol. The van der Waals surface area contributed by atoms with Crippen molar-refractivity contribution in [1.82, 2.24) is 0 Å². The first kappa shape index (κ1) is 29.5. The van der Waals surface area contributed by atoms with Crippen LogP contribution in [0.4, 0.5) is 0 Å². The molecule has 0 spiro atoms. The van der Waals surface area contributed by atoms with E-state index < -0.39 is 0 Å². The highest BCUT2D eigenvalue weighted by atomic mass is 14.2. The van der Waals surface area contributed by atoms with E-state index in [0.29, 0.717) is 0 Å². The maximum Gasteiger partial charge on any atom is -0.000709 e. The van der Waals surface area contributed by atoms with Gasteiger partial charge < -0.3 is 0 Å². The van der Waals surface area contributed by atoms with Crippen LogP contribution in [0.1, 0.15) is 60.4 Å². The average Bonchev–Trinajstić information content (AvgIpc) is 3.12. The van der Waals surface area contributed by atoms with Crippen molar-refractivity contribution in [3.05, 3.63) is 192 Å². The highest BCUT2D eigenvalue weighted by Crippen LogP contribution is 2.42. The molecule has 0 nitrogen and oxygen atoms in total. The van der Waals surface area contributed by atoms with E-state index in [2.05, 4.69) is 178 Å². The SMILES string of the molecule is C/C(=C\C=C/C(C)c1ccc2c(-c3ccccc3)c3cc(C4=CC=CCC4)ccc3c(Cc3ccccc3)c2c1)c1ccccc1. The third-order valence-corrected chi connectivity index (χ3v) is 9.42. The van der Waals surface area contributed by atoms with E-state index in [1.807, 2.05) is 0 Å². The van der Waals surface area contributed by atoms with Crippen LogP contribution in [-0.2, 0) is 6.42 Å². The fraction of sp³-hybridized carbons (Fsp3) is 0.130. The number of fused-ring (bicyclic) bond motifs is 2. The van der Waals surface area contributed by atoms with Gasteiger partial charge in [-0.2, -0.15) is 0 Å². The van der Waals surface area contributed by atoms with Crippen LogP contribution in [0.3, 0.4) is 0 Å². The van der Waals surface area contributed by atoms with Crippen LogP contribution >= 0.6 is 0 Å². The van der Waals surface area contributed by atoms with E-state index in [-0.39, 0.29) is 5.92 Å². The second kappa shape index (κ2) is 13.4. The lowest BCUT2D eigenvalue weighted by Gasteiger charge is -2.20. The number of allylic oxidation sites excluding steroid dienone is 8. The van der Waals surface area contributed by atoms with Gasteiger partial charge in [-0.1, -0.05) is 165 Å². The Morgan fingerprint density at radius 3 is 2.15 bits per heavy atom. The fourth-order valence-corrected chi connectivity index (χ4v) is 6.84. The summed E-state index contributed by atoms with van der Waals surface area (Å²) >= 11 is 0. The molecule has 1 aliphatic rings. The Kier molecular flexibility index (Phi) is 8.61. The molecule has 0 heterocycles. The van der Waals surface area contributed by atoms with Crippen LogP contribution in [0, 0.1) is 0 Å². The minimum Gasteiger partial charge on any atom is -0.0842 e. The molecule has 7 rings (SSSR count). The minimum atomic E-state index is 0.276. The first-order valence-electron chi connectivity index (χ1n) is 16.5. The van der Waals surface area contributed by atoms with Gasteiger partial charge in [0.25, 0.3) is 0 Å². The Morgan fingerprint density at radius 1 is 0.696 bits per heavy atom. The molecule has 0 amide bonds. The predicted octanol–water partition coefficient (Wildman–Crippen LogP) is 12.7. The molecule has 0 aliphatic heterocycles. The zero-order valence-electron chi connectivity index (χ0n) is 26.8. The molecule has 6 aromatic carbocycles. The lowest BCUT2D eigenvalue weighted by molar-refractivity contribution is 0.970. The van der Waals surface area contributed by atoms with Crippen molar-refractivity contribution in [3.8, 4) is 11.1 Å². The summed E-state index contributed by atoms with van der Waals surface area (Å²) in [5.41, 5.74) is 11.9. The average molecular weight is 593 g/mol. The van der Waals surface area contributed by atoms with Crippen molar-refractivity contribution in [2.45, 2.75) is 39.0 Å². The normalized spacial score (nSPS) is 14.2. The van der Waals surface area contributed by atoms with Crippen molar-refractivity contribution < 1.29 is 0 Å². The van der Waals surface area contributed by atoms with E-state index >= 15 is 0 Å². The van der Waals surface area contributed by atoms with Gasteiger partial charge in [0.05, 0.1) is 0 Å². The van der Waals surface area contributed by atoms with Crippen LogP contribution in [0.5, 0.6) is 0 Å². The van der Waals surface area contributed by atoms with Gasteiger partial charge in [-0.25, -0.2) is 0 Å². The quantitative estimate of drug-likeness (QED) is 0.122. The molecule has 0 radical (unpaired) electrons. The maximum atomic E-state index is 2.46. The summed E-state index contributed by atoms with van der Waals surface area (Å²) in [5.74, 6) is 0.276. The molecule has 0 saturated carbocycles. The van der Waals surface area contributed by atoms with Crippen molar-refractivity contribution >= 4 is 32.7 Å². The van der Waals surface area contributed by atoms with Crippen molar-refractivity contribution in [1.29, 1.82) is 0 Å². The molecule has 0 bridgehead atoms. The second-order valence-corrected chi connectivity index (χ2v) is 12.5. The molecule has 224 valence electrons. The molecular formula is C46H40. The van der Waals surface area contributed by atoms with Gasteiger partial charge in [-0.3, -0.25) is 0 Å². The van der Waals surface area contributed by atoms with Gasteiger partial charge in [0, 0.05) is 0 Å². The summed E-state index contributed by atoms with van der Waals surface area (Å²) < 4.78 is 0. The van der Waals surface area contributed by atoms with E-state index in [0.717, 1.165) is 19.3 Å². The summed E-state index contributed by atoms with van der Waals surface area (Å²) in [5, 5.41) is 5.34. The highest BCUT2D eigenvalue weighted by molar-refractivity contribution is 6.15. The van der Waals surface area contributed by atoms with E-state index in [1.54, 1.807) is 0 Å². The lowest BCUT2D eigenvalue weighted by Crippen LogP contribution is -1.98. The Labute approximate surface area is 273 Å². The van der Waals surface area contributed by atoms with Gasteiger partial charge in [-0.15, -0.1) is 0 Å². The standard InChI is InChI=1S/C46H40/c1-33(36-20-9-4-10-21-36)16-15-17-34(2)39-26-29-42-44(31-39)43(30-35-18-7-3-8-19-35)41-28-27-40(37-22-11-5-12-23-37)32-45(41)46(42)38-24-13-6-14-25-38/h3-11,13-22,24-29,31-32,34H,12,23,30H2,1-2H3/b17-15-,33-16+. The van der Waals surface area contributed by atoms with Gasteiger partial charge in [0.15, 0.2) is 0 Å². The fourth-order valence-electron chi connectivity index (χ4n) is 6.84. The summed E-state index contributed by atoms with van der Waals surface area (Å²) in [7, 11) is 0. The summed E-state index contributed by atoms with van der Waals surface area (Å²) in [6.45, 7) is 4.48. The third-order valence-electron chi connectivity index (χ3n) is 9.42. The van der Waals surface area contributed by atoms with Crippen LogP contribution in [0.2, 0.25) is 0 Å². The van der Waals surface area contributed by atoms with Crippen LogP contribution in [0.25, 0.3) is 43.8 Å². The molecular weight excluding hydrogens is 553 g/mol. The van der Waals surface area contributed by atoms with E-state index in [9.17, 15) is 0 Å². The van der Waals surface area contributed by atoms with Crippen molar-refractivity contribution in [2.24, 2.45) is 0 Å². The Morgan fingerprint density at radius 2 is 1.41 bits per heavy atom. The second-order valence-electron chi connectivity index (χ2n) is 12.5. The van der Waals surface area contributed by atoms with Crippen LogP contribution in [-0.4, -0.2) is 0 Å². The van der Waals surface area contributed by atoms with Gasteiger partial charge in [0.1, 0.15) is 0 Å². The molecule has 6 aromatic rings. The zero-order chi connectivity index (χ0) is 31.3. The van der Waals surface area contributed by atoms with Crippen molar-refractivity contribution in [3.63, 3.8) is 0 Å². The molecule has 0 fully saturated rings. The summed E-state index contributed by atoms with van der Waals surface area (Å²) in [6.07, 6.45) is 16.6. The number of hydrogen-bond donors (Lipinski definition) is 0.